The van der Waals surface area contributed by atoms with Crippen LogP contribution in [0.15, 0.2) is 71.6 Å². The second-order valence-electron chi connectivity index (χ2n) is 5.97. The predicted octanol–water partition coefficient (Wildman–Crippen LogP) is 4.68. The van der Waals surface area contributed by atoms with E-state index < -0.39 is 15.9 Å². The summed E-state index contributed by atoms with van der Waals surface area (Å²) in [5, 5.41) is 3.55. The Labute approximate surface area is 166 Å². The first-order chi connectivity index (χ1) is 13.3. The average molecular weight is 424 g/mol. The Hall–Kier alpha value is -2.48. The van der Waals surface area contributed by atoms with E-state index in [1.54, 1.807) is 18.2 Å². The molecule has 0 heterocycles. The molecule has 28 heavy (non-hydrogen) atoms. The average Bonchev–Trinajstić information content (AvgIpc) is 2.66. The fraction of sp³-hybridized carbons (Fsp3) is 0.100. The minimum Gasteiger partial charge on any atom is -0.379 e. The number of nitrogens with one attached hydrogen (secondary N) is 1. The molecule has 0 aliphatic rings. The molecule has 0 spiro atoms. The SMILES string of the molecule is O=S(=O)(Oc1ccc(Cl)cc1CNCc1ccc(F)cc1)c1ccc(F)cc1. The van der Waals surface area contributed by atoms with Crippen LogP contribution in [0, 0.1) is 11.6 Å². The highest BCUT2D eigenvalue weighted by atomic mass is 35.5. The number of halogens is 3. The second-order valence-corrected chi connectivity index (χ2v) is 7.96. The molecular formula is C20H16ClF2NO3S. The van der Waals surface area contributed by atoms with Crippen molar-refractivity contribution in [2.75, 3.05) is 0 Å². The zero-order valence-corrected chi connectivity index (χ0v) is 16.1. The van der Waals surface area contributed by atoms with Crippen molar-refractivity contribution < 1.29 is 21.4 Å². The summed E-state index contributed by atoms with van der Waals surface area (Å²) in [5.74, 6) is -0.753. The van der Waals surface area contributed by atoms with Crippen LogP contribution in [0.4, 0.5) is 8.78 Å². The first-order valence-electron chi connectivity index (χ1n) is 8.27. The smallest absolute Gasteiger partial charge is 0.339 e. The summed E-state index contributed by atoms with van der Waals surface area (Å²) in [4.78, 5) is -0.158. The third-order valence-corrected chi connectivity index (χ3v) is 5.37. The van der Waals surface area contributed by atoms with Crippen molar-refractivity contribution in [3.05, 3.63) is 94.5 Å². The molecule has 146 valence electrons. The summed E-state index contributed by atoms with van der Waals surface area (Å²) in [6.45, 7) is 0.711. The summed E-state index contributed by atoms with van der Waals surface area (Å²) >= 11 is 6.02. The summed E-state index contributed by atoms with van der Waals surface area (Å²) in [6, 6.07) is 14.9. The van der Waals surface area contributed by atoms with E-state index in [4.69, 9.17) is 15.8 Å². The molecule has 4 nitrogen and oxygen atoms in total. The molecule has 0 saturated carbocycles. The zero-order valence-electron chi connectivity index (χ0n) is 14.5. The van der Waals surface area contributed by atoms with Gasteiger partial charge < -0.3 is 9.50 Å². The van der Waals surface area contributed by atoms with Gasteiger partial charge in [-0.25, -0.2) is 8.78 Å². The van der Waals surface area contributed by atoms with E-state index in [2.05, 4.69) is 5.32 Å². The molecule has 1 N–H and O–H groups in total. The van der Waals surface area contributed by atoms with E-state index in [1.165, 1.54) is 24.3 Å². The van der Waals surface area contributed by atoms with E-state index in [0.29, 0.717) is 17.1 Å². The van der Waals surface area contributed by atoms with Crippen LogP contribution in [0.1, 0.15) is 11.1 Å². The maximum Gasteiger partial charge on any atom is 0.339 e. The molecule has 0 fully saturated rings. The maximum absolute atomic E-state index is 13.0. The van der Waals surface area contributed by atoms with Gasteiger partial charge in [0.15, 0.2) is 0 Å². The lowest BCUT2D eigenvalue weighted by Crippen LogP contribution is -2.16. The maximum atomic E-state index is 13.0. The number of rotatable bonds is 7. The van der Waals surface area contributed by atoms with Gasteiger partial charge in [-0.2, -0.15) is 8.42 Å². The largest absolute Gasteiger partial charge is 0.379 e. The van der Waals surface area contributed by atoms with Gasteiger partial charge in [-0.1, -0.05) is 23.7 Å². The monoisotopic (exact) mass is 423 g/mol. The highest BCUT2D eigenvalue weighted by Gasteiger charge is 2.19. The molecule has 0 aliphatic heterocycles. The molecular weight excluding hydrogens is 408 g/mol. The summed E-state index contributed by atoms with van der Waals surface area (Å²) < 4.78 is 56.1. The van der Waals surface area contributed by atoms with Gasteiger partial charge in [0.2, 0.25) is 0 Å². The topological polar surface area (TPSA) is 55.4 Å². The standard InChI is InChI=1S/C20H16ClF2NO3S/c21-16-3-10-20(27-28(25,26)19-8-6-18(23)7-9-19)15(11-16)13-24-12-14-1-4-17(22)5-2-14/h1-11,24H,12-13H2. The summed E-state index contributed by atoms with van der Waals surface area (Å²) in [6.07, 6.45) is 0. The quantitative estimate of drug-likeness (QED) is 0.561. The fourth-order valence-corrected chi connectivity index (χ4v) is 3.64. The first kappa shape index (κ1) is 20.3. The van der Waals surface area contributed by atoms with Crippen LogP contribution in [0.3, 0.4) is 0 Å². The molecule has 8 heteroatoms. The van der Waals surface area contributed by atoms with Gasteiger partial charge in [-0.3, -0.25) is 0 Å². The Morgan fingerprint density at radius 1 is 0.857 bits per heavy atom. The summed E-state index contributed by atoms with van der Waals surface area (Å²) in [7, 11) is -4.13. The minimum absolute atomic E-state index is 0.111. The zero-order chi connectivity index (χ0) is 20.1. The van der Waals surface area contributed by atoms with Crippen molar-refractivity contribution in [2.45, 2.75) is 18.0 Å². The Bertz CT molecular complexity index is 1060. The van der Waals surface area contributed by atoms with Crippen molar-refractivity contribution in [3.63, 3.8) is 0 Å². The fourth-order valence-electron chi connectivity index (χ4n) is 2.48. The first-order valence-corrected chi connectivity index (χ1v) is 10.1. The molecule has 0 aromatic heterocycles. The van der Waals surface area contributed by atoms with Gasteiger partial charge in [0.1, 0.15) is 22.3 Å². The van der Waals surface area contributed by atoms with Crippen LogP contribution >= 0.6 is 11.6 Å². The van der Waals surface area contributed by atoms with E-state index >= 15 is 0 Å². The van der Waals surface area contributed by atoms with E-state index in [-0.39, 0.29) is 23.0 Å². The van der Waals surface area contributed by atoms with E-state index in [1.807, 2.05) is 0 Å². The Morgan fingerprint density at radius 3 is 2.11 bits per heavy atom. The van der Waals surface area contributed by atoms with Gasteiger partial charge in [0.05, 0.1) is 0 Å². The van der Waals surface area contributed by atoms with E-state index in [0.717, 1.165) is 29.8 Å². The van der Waals surface area contributed by atoms with Crippen molar-refractivity contribution in [2.24, 2.45) is 0 Å². The third-order valence-electron chi connectivity index (χ3n) is 3.88. The Balaban J connectivity index is 1.74. The van der Waals surface area contributed by atoms with Crippen LogP contribution in [0.2, 0.25) is 5.02 Å². The number of hydrogen-bond donors (Lipinski definition) is 1. The lowest BCUT2D eigenvalue weighted by atomic mass is 10.2. The van der Waals surface area contributed by atoms with Gasteiger partial charge in [-0.15, -0.1) is 0 Å². The molecule has 3 aromatic rings. The lowest BCUT2D eigenvalue weighted by Gasteiger charge is -2.13. The molecule has 0 amide bonds. The van der Waals surface area contributed by atoms with Gasteiger partial charge in [-0.05, 0) is 60.2 Å². The normalized spacial score (nSPS) is 11.4. The molecule has 0 unspecified atom stereocenters. The lowest BCUT2D eigenvalue weighted by molar-refractivity contribution is 0.480. The molecule has 3 aromatic carbocycles. The van der Waals surface area contributed by atoms with Crippen LogP contribution < -0.4 is 9.50 Å². The van der Waals surface area contributed by atoms with Crippen LogP contribution in [-0.2, 0) is 23.2 Å². The molecule has 0 bridgehead atoms. The molecule has 0 atom stereocenters. The third kappa shape index (κ3) is 5.28. The molecule has 0 saturated heterocycles. The summed E-state index contributed by atoms with van der Waals surface area (Å²) in [5.41, 5.74) is 1.39. The van der Waals surface area contributed by atoms with Crippen molar-refractivity contribution in [3.8, 4) is 5.75 Å². The highest BCUT2D eigenvalue weighted by molar-refractivity contribution is 7.87. The molecule has 3 rings (SSSR count). The van der Waals surface area contributed by atoms with E-state index in [9.17, 15) is 17.2 Å². The van der Waals surface area contributed by atoms with Crippen molar-refractivity contribution in [1.82, 2.24) is 5.32 Å². The molecule has 0 radical (unpaired) electrons. The highest BCUT2D eigenvalue weighted by Crippen LogP contribution is 2.26. The van der Waals surface area contributed by atoms with Crippen molar-refractivity contribution in [1.29, 1.82) is 0 Å². The number of benzene rings is 3. The Morgan fingerprint density at radius 2 is 1.46 bits per heavy atom. The number of hydrogen-bond acceptors (Lipinski definition) is 4. The van der Waals surface area contributed by atoms with Crippen LogP contribution in [0.5, 0.6) is 5.75 Å². The second kappa shape index (κ2) is 8.68. The van der Waals surface area contributed by atoms with Crippen molar-refractivity contribution >= 4 is 21.7 Å². The van der Waals surface area contributed by atoms with Crippen LogP contribution in [0.25, 0.3) is 0 Å². The van der Waals surface area contributed by atoms with Crippen LogP contribution in [-0.4, -0.2) is 8.42 Å². The predicted molar refractivity (Wildman–Crippen MR) is 103 cm³/mol. The Kier molecular flexibility index (Phi) is 6.28. The minimum atomic E-state index is -4.13. The van der Waals surface area contributed by atoms with Gasteiger partial charge in [0.25, 0.3) is 0 Å². The van der Waals surface area contributed by atoms with Gasteiger partial charge in [0, 0.05) is 23.7 Å². The van der Waals surface area contributed by atoms with Gasteiger partial charge >= 0.3 is 10.1 Å². The molecule has 0 aliphatic carbocycles.